The average molecular weight is 527 g/mol. The summed E-state index contributed by atoms with van der Waals surface area (Å²) in [7, 11) is -1.13. The van der Waals surface area contributed by atoms with Crippen LogP contribution in [0, 0.1) is 5.82 Å². The van der Waals surface area contributed by atoms with Crippen LogP contribution in [0.4, 0.5) is 4.39 Å². The number of piperazine rings is 1. The van der Waals surface area contributed by atoms with E-state index in [9.17, 15) is 17.6 Å². The van der Waals surface area contributed by atoms with Crippen molar-refractivity contribution in [2.45, 2.75) is 18.0 Å². The van der Waals surface area contributed by atoms with E-state index in [2.05, 4.69) is 4.90 Å². The lowest BCUT2D eigenvalue weighted by Crippen LogP contribution is -2.49. The summed E-state index contributed by atoms with van der Waals surface area (Å²) in [4.78, 5) is 17.0. The maximum atomic E-state index is 13.7. The van der Waals surface area contributed by atoms with E-state index in [0.717, 1.165) is 0 Å². The third-order valence-corrected chi connectivity index (χ3v) is 8.59. The van der Waals surface area contributed by atoms with Gasteiger partial charge >= 0.3 is 0 Å². The number of amides is 1. The molecule has 0 aliphatic carbocycles. The van der Waals surface area contributed by atoms with Crippen molar-refractivity contribution in [3.05, 3.63) is 51.8 Å². The Bertz CT molecular complexity index is 1230. The Morgan fingerprint density at radius 1 is 1.11 bits per heavy atom. The Balaban J connectivity index is 1.71. The number of nitrogens with two attached hydrogens (primary N) is 1. The third-order valence-electron chi connectivity index (χ3n) is 6.34. The van der Waals surface area contributed by atoms with Gasteiger partial charge < -0.3 is 20.1 Å². The molecule has 4 rings (SSSR count). The Morgan fingerprint density at radius 2 is 1.83 bits per heavy atom. The van der Waals surface area contributed by atoms with Gasteiger partial charge in [0, 0.05) is 64.0 Å². The van der Waals surface area contributed by atoms with Crippen LogP contribution >= 0.6 is 11.6 Å². The van der Waals surface area contributed by atoms with Crippen molar-refractivity contribution in [3.63, 3.8) is 0 Å². The fourth-order valence-electron chi connectivity index (χ4n) is 4.54. The fraction of sp³-hybridized carbons (Fsp3) is 0.435. The van der Waals surface area contributed by atoms with E-state index in [4.69, 9.17) is 26.8 Å². The summed E-state index contributed by atoms with van der Waals surface area (Å²) in [6.45, 7) is 3.16. The number of rotatable bonds is 8. The molecular weight excluding hydrogens is 499 g/mol. The lowest BCUT2D eigenvalue weighted by atomic mass is 10.1. The monoisotopic (exact) mass is 526 g/mol. The number of halogens is 2. The summed E-state index contributed by atoms with van der Waals surface area (Å²) >= 11 is 5.90. The maximum absolute atomic E-state index is 13.7. The molecule has 0 spiro atoms. The number of methoxy groups -OCH3 is 2. The first kappa shape index (κ1) is 25.6. The number of carbonyl (C=O) groups is 1. The highest BCUT2D eigenvalue weighted by molar-refractivity contribution is 7.89. The minimum absolute atomic E-state index is 0.0189. The van der Waals surface area contributed by atoms with E-state index in [-0.39, 0.29) is 40.1 Å². The largest absolute Gasteiger partial charge is 0.493 e. The van der Waals surface area contributed by atoms with E-state index in [0.29, 0.717) is 50.4 Å². The molecular formula is C23H28ClFN4O5S. The predicted octanol–water partition coefficient (Wildman–Crippen LogP) is 1.92. The summed E-state index contributed by atoms with van der Waals surface area (Å²) < 4.78 is 53.3. The van der Waals surface area contributed by atoms with E-state index < -0.39 is 21.7 Å². The molecule has 0 bridgehead atoms. The summed E-state index contributed by atoms with van der Waals surface area (Å²) in [5.74, 6) is -0.622. The molecule has 9 nitrogen and oxygen atoms in total. The highest BCUT2D eigenvalue weighted by Gasteiger charge is 2.40. The highest BCUT2D eigenvalue weighted by atomic mass is 35.5. The number of ether oxygens (including phenoxy) is 2. The summed E-state index contributed by atoms with van der Waals surface area (Å²) in [6.07, 6.45) is 0. The normalized spacial score (nSPS) is 17.1. The molecule has 1 fully saturated rings. The second-order valence-electron chi connectivity index (χ2n) is 8.41. The van der Waals surface area contributed by atoms with Gasteiger partial charge in [-0.2, -0.15) is 4.31 Å². The Morgan fingerprint density at radius 3 is 2.43 bits per heavy atom. The van der Waals surface area contributed by atoms with Crippen LogP contribution in [0.15, 0.2) is 29.2 Å². The molecule has 1 amide bonds. The first-order valence-corrected chi connectivity index (χ1v) is 13.0. The third kappa shape index (κ3) is 4.83. The second-order valence-corrected chi connectivity index (χ2v) is 10.7. The van der Waals surface area contributed by atoms with Crippen LogP contribution in [0.1, 0.15) is 21.5 Å². The molecule has 2 N–H and O–H groups in total. The van der Waals surface area contributed by atoms with Gasteiger partial charge in [0.2, 0.25) is 10.0 Å². The van der Waals surface area contributed by atoms with Crippen LogP contribution in [0.2, 0.25) is 5.02 Å². The molecule has 35 heavy (non-hydrogen) atoms. The van der Waals surface area contributed by atoms with Gasteiger partial charge in [0.25, 0.3) is 5.91 Å². The molecule has 2 aromatic rings. The quantitative estimate of drug-likeness (QED) is 0.560. The lowest BCUT2D eigenvalue weighted by molar-refractivity contribution is 0.0763. The molecule has 2 aliphatic rings. The van der Waals surface area contributed by atoms with E-state index in [1.54, 1.807) is 0 Å². The van der Waals surface area contributed by atoms with Crippen molar-refractivity contribution >= 4 is 27.5 Å². The molecule has 190 valence electrons. The van der Waals surface area contributed by atoms with E-state index in [1.807, 2.05) is 0 Å². The predicted molar refractivity (Wildman–Crippen MR) is 129 cm³/mol. The maximum Gasteiger partial charge on any atom is 0.258 e. The molecule has 0 saturated carbocycles. The van der Waals surface area contributed by atoms with Gasteiger partial charge in [-0.25, -0.2) is 12.8 Å². The SMILES string of the molecule is COc1cc(S(=O)(=O)N2CCN(CCN)CC2)c2c(c1OC)C(=O)N(Cc1ccc(F)c(Cl)c1)C2. The van der Waals surface area contributed by atoms with Crippen LogP contribution < -0.4 is 15.2 Å². The van der Waals surface area contributed by atoms with Gasteiger partial charge in [-0.05, 0) is 17.7 Å². The minimum atomic E-state index is -3.93. The smallest absolute Gasteiger partial charge is 0.258 e. The van der Waals surface area contributed by atoms with Crippen LogP contribution in [0.5, 0.6) is 11.5 Å². The van der Waals surface area contributed by atoms with Crippen LogP contribution in [0.25, 0.3) is 0 Å². The number of carbonyl (C=O) groups excluding carboxylic acids is 1. The zero-order valence-electron chi connectivity index (χ0n) is 19.6. The number of nitrogens with zero attached hydrogens (tertiary/aromatic N) is 3. The molecule has 2 aliphatic heterocycles. The van der Waals surface area contributed by atoms with Gasteiger partial charge in [-0.3, -0.25) is 9.69 Å². The molecule has 12 heteroatoms. The molecule has 0 radical (unpaired) electrons. The highest BCUT2D eigenvalue weighted by Crippen LogP contribution is 2.43. The molecule has 0 unspecified atom stereocenters. The molecule has 2 aromatic carbocycles. The standard InChI is InChI=1S/C23H28ClFN4O5S/c1-33-19-12-20(35(31,32)29-9-7-27(6-5-26)8-10-29)16-14-28(23(30)21(16)22(19)34-2)13-15-3-4-18(25)17(24)11-15/h3-4,11-12H,5-10,13-14,26H2,1-2H3. The average Bonchev–Trinajstić information content (AvgIpc) is 3.16. The summed E-state index contributed by atoms with van der Waals surface area (Å²) in [5.41, 5.74) is 6.75. The van der Waals surface area contributed by atoms with Crippen molar-refractivity contribution in [2.75, 3.05) is 53.5 Å². The first-order chi connectivity index (χ1) is 16.7. The number of fused-ring (bicyclic) bond motifs is 1. The van der Waals surface area contributed by atoms with Crippen LogP contribution in [0.3, 0.4) is 0 Å². The van der Waals surface area contributed by atoms with E-state index >= 15 is 0 Å². The van der Waals surface area contributed by atoms with Crippen molar-refractivity contribution in [1.29, 1.82) is 0 Å². The van der Waals surface area contributed by atoms with Crippen LogP contribution in [-0.2, 0) is 23.1 Å². The van der Waals surface area contributed by atoms with Gasteiger partial charge in [0.1, 0.15) is 5.82 Å². The van der Waals surface area contributed by atoms with Crippen molar-refractivity contribution < 1.29 is 27.1 Å². The van der Waals surface area contributed by atoms with E-state index in [1.165, 1.54) is 47.7 Å². The molecule has 0 aromatic heterocycles. The second kappa shape index (κ2) is 10.3. The van der Waals surface area contributed by atoms with Crippen molar-refractivity contribution in [3.8, 4) is 11.5 Å². The number of hydrogen-bond acceptors (Lipinski definition) is 7. The topological polar surface area (TPSA) is 105 Å². The molecule has 2 heterocycles. The lowest BCUT2D eigenvalue weighted by Gasteiger charge is -2.34. The van der Waals surface area contributed by atoms with Gasteiger partial charge in [0.15, 0.2) is 11.5 Å². The van der Waals surface area contributed by atoms with Gasteiger partial charge in [0.05, 0.1) is 29.7 Å². The zero-order chi connectivity index (χ0) is 25.3. The molecule has 0 atom stereocenters. The summed E-state index contributed by atoms with van der Waals surface area (Å²) in [6, 6.07) is 5.64. The number of sulfonamides is 1. The van der Waals surface area contributed by atoms with Gasteiger partial charge in [-0.15, -0.1) is 0 Å². The Labute approximate surface area is 209 Å². The molecule has 1 saturated heterocycles. The summed E-state index contributed by atoms with van der Waals surface area (Å²) in [5, 5.41) is -0.0528. The fourth-order valence-corrected chi connectivity index (χ4v) is 6.40. The van der Waals surface area contributed by atoms with Crippen LogP contribution in [-0.4, -0.2) is 81.9 Å². The first-order valence-electron chi connectivity index (χ1n) is 11.1. The minimum Gasteiger partial charge on any atom is -0.493 e. The zero-order valence-corrected chi connectivity index (χ0v) is 21.2. The van der Waals surface area contributed by atoms with Crippen molar-refractivity contribution in [2.24, 2.45) is 5.73 Å². The van der Waals surface area contributed by atoms with Gasteiger partial charge in [-0.1, -0.05) is 17.7 Å². The Hall–Kier alpha value is -2.44. The number of benzene rings is 2. The van der Waals surface area contributed by atoms with Crippen molar-refractivity contribution in [1.82, 2.24) is 14.1 Å². The Kier molecular flexibility index (Phi) is 7.53. The number of hydrogen-bond donors (Lipinski definition) is 1.